The summed E-state index contributed by atoms with van der Waals surface area (Å²) in [4.78, 5) is 27.1. The Morgan fingerprint density at radius 3 is 2.34 bits per heavy atom. The van der Waals surface area contributed by atoms with E-state index in [9.17, 15) is 9.59 Å². The summed E-state index contributed by atoms with van der Waals surface area (Å²) in [6, 6.07) is 15.6. The average molecular weight is 455 g/mol. The molecule has 170 valence electrons. The van der Waals surface area contributed by atoms with Gasteiger partial charge in [-0.2, -0.15) is 0 Å². The highest BCUT2D eigenvalue weighted by Crippen LogP contribution is 2.30. The van der Waals surface area contributed by atoms with Crippen molar-refractivity contribution in [3.63, 3.8) is 0 Å². The van der Waals surface area contributed by atoms with E-state index in [0.717, 1.165) is 36.8 Å². The Bertz CT molecular complexity index is 920. The third-order valence-corrected chi connectivity index (χ3v) is 6.82. The molecule has 0 unspecified atom stereocenters. The van der Waals surface area contributed by atoms with Crippen molar-refractivity contribution < 1.29 is 14.3 Å². The number of hydrogen-bond donors (Lipinski definition) is 1. The van der Waals surface area contributed by atoms with Crippen LogP contribution >= 0.6 is 11.6 Å². The van der Waals surface area contributed by atoms with Gasteiger partial charge in [0.25, 0.3) is 5.91 Å². The van der Waals surface area contributed by atoms with Crippen LogP contribution in [0.5, 0.6) is 5.75 Å². The number of amides is 2. The van der Waals surface area contributed by atoms with E-state index in [1.54, 1.807) is 6.07 Å². The van der Waals surface area contributed by atoms with Crippen molar-refractivity contribution in [3.8, 4) is 16.9 Å². The summed E-state index contributed by atoms with van der Waals surface area (Å²) in [7, 11) is 0. The monoisotopic (exact) mass is 454 g/mol. The SMILES string of the molecule is O=C(COc1ccc(-c2ccccc2)cc1Cl)NC1CCN(C(=O)C2CCCCC2)CC1. The first kappa shape index (κ1) is 22.7. The van der Waals surface area contributed by atoms with E-state index < -0.39 is 0 Å². The molecule has 0 bridgehead atoms. The quantitative estimate of drug-likeness (QED) is 0.662. The van der Waals surface area contributed by atoms with Gasteiger partial charge in [-0.15, -0.1) is 0 Å². The molecule has 0 radical (unpaired) electrons. The fourth-order valence-electron chi connectivity index (χ4n) is 4.69. The van der Waals surface area contributed by atoms with E-state index >= 15 is 0 Å². The third kappa shape index (κ3) is 5.83. The first-order valence-corrected chi connectivity index (χ1v) is 12.0. The van der Waals surface area contributed by atoms with Gasteiger partial charge in [0.2, 0.25) is 5.91 Å². The number of benzene rings is 2. The molecule has 1 heterocycles. The number of nitrogens with zero attached hydrogens (tertiary/aromatic N) is 1. The molecule has 5 nitrogen and oxygen atoms in total. The summed E-state index contributed by atoms with van der Waals surface area (Å²) in [5.74, 6) is 0.854. The van der Waals surface area contributed by atoms with Crippen molar-refractivity contribution in [1.82, 2.24) is 10.2 Å². The zero-order valence-electron chi connectivity index (χ0n) is 18.4. The molecule has 1 aliphatic heterocycles. The molecule has 2 amide bonds. The van der Waals surface area contributed by atoms with Gasteiger partial charge in [-0.1, -0.05) is 67.3 Å². The zero-order valence-corrected chi connectivity index (χ0v) is 19.2. The topological polar surface area (TPSA) is 58.6 Å². The molecule has 1 saturated carbocycles. The van der Waals surface area contributed by atoms with Gasteiger partial charge in [-0.25, -0.2) is 0 Å². The molecule has 0 atom stereocenters. The van der Waals surface area contributed by atoms with Crippen molar-refractivity contribution in [2.75, 3.05) is 19.7 Å². The summed E-state index contributed by atoms with van der Waals surface area (Å²) in [6.07, 6.45) is 7.23. The fourth-order valence-corrected chi connectivity index (χ4v) is 4.93. The molecule has 1 saturated heterocycles. The van der Waals surface area contributed by atoms with Crippen LogP contribution in [0.3, 0.4) is 0 Å². The van der Waals surface area contributed by atoms with Crippen LogP contribution < -0.4 is 10.1 Å². The Morgan fingerprint density at radius 1 is 0.938 bits per heavy atom. The van der Waals surface area contributed by atoms with Crippen LogP contribution in [-0.4, -0.2) is 42.5 Å². The predicted molar refractivity (Wildman–Crippen MR) is 127 cm³/mol. The molecule has 4 rings (SSSR count). The minimum absolute atomic E-state index is 0.0778. The van der Waals surface area contributed by atoms with Crippen LogP contribution in [0.15, 0.2) is 48.5 Å². The van der Waals surface area contributed by atoms with Crippen LogP contribution in [-0.2, 0) is 9.59 Å². The Balaban J connectivity index is 1.21. The van der Waals surface area contributed by atoms with Gasteiger partial charge >= 0.3 is 0 Å². The standard InChI is InChI=1S/C26H31ClN2O3/c27-23-17-21(19-7-3-1-4-8-19)11-12-24(23)32-18-25(30)28-22-13-15-29(16-14-22)26(31)20-9-5-2-6-10-20/h1,3-4,7-8,11-12,17,20,22H,2,5-6,9-10,13-16,18H2,(H,28,30). The Morgan fingerprint density at radius 2 is 1.66 bits per heavy atom. The minimum atomic E-state index is -0.162. The summed E-state index contributed by atoms with van der Waals surface area (Å²) >= 11 is 6.37. The number of nitrogens with one attached hydrogen (secondary N) is 1. The van der Waals surface area contributed by atoms with E-state index in [4.69, 9.17) is 16.3 Å². The maximum absolute atomic E-state index is 12.7. The van der Waals surface area contributed by atoms with Crippen LogP contribution in [0, 0.1) is 5.92 Å². The highest BCUT2D eigenvalue weighted by Gasteiger charge is 2.29. The number of carbonyl (C=O) groups excluding carboxylic acids is 2. The lowest BCUT2D eigenvalue weighted by atomic mass is 9.87. The third-order valence-electron chi connectivity index (χ3n) is 6.52. The molecule has 2 aromatic carbocycles. The largest absolute Gasteiger partial charge is 0.482 e. The number of rotatable bonds is 6. The van der Waals surface area contributed by atoms with E-state index in [1.807, 2.05) is 47.4 Å². The van der Waals surface area contributed by atoms with E-state index in [-0.39, 0.29) is 24.5 Å². The molecular weight excluding hydrogens is 424 g/mol. The van der Waals surface area contributed by atoms with Crippen LogP contribution in [0.1, 0.15) is 44.9 Å². The predicted octanol–water partition coefficient (Wildman–Crippen LogP) is 5.07. The highest BCUT2D eigenvalue weighted by atomic mass is 35.5. The maximum atomic E-state index is 12.7. The summed E-state index contributed by atoms with van der Waals surface area (Å²) < 4.78 is 5.66. The number of likely N-dealkylation sites (tertiary alicyclic amines) is 1. The Hall–Kier alpha value is -2.53. The molecule has 0 aromatic heterocycles. The normalized spacial score (nSPS) is 17.7. The average Bonchev–Trinajstić information content (AvgIpc) is 2.84. The second-order valence-corrected chi connectivity index (χ2v) is 9.21. The lowest BCUT2D eigenvalue weighted by Crippen LogP contribution is -2.49. The van der Waals surface area contributed by atoms with Crippen molar-refractivity contribution in [3.05, 3.63) is 53.6 Å². The lowest BCUT2D eigenvalue weighted by Gasteiger charge is -2.35. The second kappa shape index (κ2) is 10.9. The smallest absolute Gasteiger partial charge is 0.258 e. The second-order valence-electron chi connectivity index (χ2n) is 8.80. The van der Waals surface area contributed by atoms with Crippen molar-refractivity contribution in [2.45, 2.75) is 51.0 Å². The summed E-state index contributed by atoms with van der Waals surface area (Å²) in [6.45, 7) is 1.35. The highest BCUT2D eigenvalue weighted by molar-refractivity contribution is 6.32. The van der Waals surface area contributed by atoms with Crippen molar-refractivity contribution in [2.24, 2.45) is 5.92 Å². The molecule has 32 heavy (non-hydrogen) atoms. The summed E-state index contributed by atoms with van der Waals surface area (Å²) in [5, 5.41) is 3.52. The van der Waals surface area contributed by atoms with E-state index in [0.29, 0.717) is 29.8 Å². The Labute approximate surface area is 195 Å². The summed E-state index contributed by atoms with van der Waals surface area (Å²) in [5.41, 5.74) is 2.08. The van der Waals surface area contributed by atoms with E-state index in [2.05, 4.69) is 5.32 Å². The molecular formula is C26H31ClN2O3. The first-order valence-electron chi connectivity index (χ1n) is 11.7. The van der Waals surface area contributed by atoms with Crippen LogP contribution in [0.4, 0.5) is 0 Å². The molecule has 2 fully saturated rings. The molecule has 1 N–H and O–H groups in total. The van der Waals surface area contributed by atoms with Crippen LogP contribution in [0.2, 0.25) is 5.02 Å². The number of hydrogen-bond acceptors (Lipinski definition) is 3. The number of halogens is 1. The van der Waals surface area contributed by atoms with E-state index in [1.165, 1.54) is 19.3 Å². The number of ether oxygens (including phenoxy) is 1. The molecule has 0 spiro atoms. The van der Waals surface area contributed by atoms with Gasteiger partial charge in [-0.05, 0) is 48.9 Å². The van der Waals surface area contributed by atoms with Crippen molar-refractivity contribution >= 4 is 23.4 Å². The molecule has 2 aliphatic rings. The Kier molecular flexibility index (Phi) is 7.69. The number of carbonyl (C=O) groups is 2. The van der Waals surface area contributed by atoms with Crippen molar-refractivity contribution in [1.29, 1.82) is 0 Å². The van der Waals surface area contributed by atoms with Gasteiger partial charge in [0.05, 0.1) is 5.02 Å². The van der Waals surface area contributed by atoms with Gasteiger partial charge in [0.1, 0.15) is 5.75 Å². The van der Waals surface area contributed by atoms with Gasteiger partial charge in [-0.3, -0.25) is 9.59 Å². The first-order chi connectivity index (χ1) is 15.6. The molecule has 6 heteroatoms. The molecule has 1 aliphatic carbocycles. The molecule has 2 aromatic rings. The fraction of sp³-hybridized carbons (Fsp3) is 0.462. The van der Waals surface area contributed by atoms with Gasteiger partial charge in [0.15, 0.2) is 6.61 Å². The maximum Gasteiger partial charge on any atom is 0.258 e. The number of piperidine rings is 1. The zero-order chi connectivity index (χ0) is 22.3. The minimum Gasteiger partial charge on any atom is -0.482 e. The van der Waals surface area contributed by atoms with Gasteiger partial charge < -0.3 is 15.0 Å². The lowest BCUT2D eigenvalue weighted by molar-refractivity contribution is -0.137. The van der Waals surface area contributed by atoms with Gasteiger partial charge in [0, 0.05) is 25.0 Å². The van der Waals surface area contributed by atoms with Crippen LogP contribution in [0.25, 0.3) is 11.1 Å².